The van der Waals surface area contributed by atoms with Gasteiger partial charge in [0.05, 0.1) is 12.6 Å². The maximum atomic E-state index is 13.0. The van der Waals surface area contributed by atoms with Crippen molar-refractivity contribution in [3.8, 4) is 0 Å². The van der Waals surface area contributed by atoms with Crippen molar-refractivity contribution >= 4 is 10.9 Å². The van der Waals surface area contributed by atoms with Crippen LogP contribution in [-0.2, 0) is 6.42 Å². The van der Waals surface area contributed by atoms with Crippen LogP contribution in [0, 0.1) is 0 Å². The number of nitrogens with zero attached hydrogens (tertiary/aromatic N) is 3. The molecule has 1 unspecified atom stereocenters. The predicted molar refractivity (Wildman–Crippen MR) is 83.5 cm³/mol. The van der Waals surface area contributed by atoms with Crippen molar-refractivity contribution in [3.63, 3.8) is 0 Å². The summed E-state index contributed by atoms with van der Waals surface area (Å²) < 4.78 is 26.0. The topological polar surface area (TPSA) is 44.8 Å². The van der Waals surface area contributed by atoms with Gasteiger partial charge in [-0.3, -0.25) is 4.90 Å². The van der Waals surface area contributed by atoms with Crippen LogP contribution in [0.1, 0.15) is 22.9 Å². The van der Waals surface area contributed by atoms with Crippen LogP contribution in [0.2, 0.25) is 0 Å². The van der Waals surface area contributed by atoms with E-state index in [2.05, 4.69) is 21.0 Å². The molecule has 1 aromatic carbocycles. The van der Waals surface area contributed by atoms with Gasteiger partial charge in [-0.15, -0.1) is 0 Å². The number of benzene rings is 1. The summed E-state index contributed by atoms with van der Waals surface area (Å²) in [5.41, 5.74) is 4.06. The molecule has 0 spiro atoms. The van der Waals surface area contributed by atoms with E-state index in [0.29, 0.717) is 6.54 Å². The first-order chi connectivity index (χ1) is 11.2. The largest absolute Gasteiger partial charge is 0.357 e. The zero-order valence-electron chi connectivity index (χ0n) is 12.4. The van der Waals surface area contributed by atoms with E-state index in [1.807, 2.05) is 18.2 Å². The van der Waals surface area contributed by atoms with Crippen LogP contribution >= 0.6 is 0 Å². The van der Waals surface area contributed by atoms with Gasteiger partial charge in [0.2, 0.25) is 0 Å². The Morgan fingerprint density at radius 1 is 1.22 bits per heavy atom. The highest BCUT2D eigenvalue weighted by molar-refractivity contribution is 5.85. The SMILES string of the molecule is FC(F)CN1CCc2c([nH]c3ccccc23)C1c1cncnc1. The van der Waals surface area contributed by atoms with Crippen molar-refractivity contribution in [1.29, 1.82) is 0 Å². The fraction of sp³-hybridized carbons (Fsp3) is 0.294. The van der Waals surface area contributed by atoms with Gasteiger partial charge >= 0.3 is 0 Å². The average Bonchev–Trinajstić information content (AvgIpc) is 2.93. The lowest BCUT2D eigenvalue weighted by molar-refractivity contribution is 0.0695. The Bertz CT molecular complexity index is 816. The molecule has 0 saturated heterocycles. The lowest BCUT2D eigenvalue weighted by Crippen LogP contribution is -2.39. The second kappa shape index (κ2) is 5.70. The molecule has 3 heterocycles. The Balaban J connectivity index is 1.86. The zero-order chi connectivity index (χ0) is 15.8. The molecule has 0 aliphatic carbocycles. The molecule has 4 nitrogen and oxygen atoms in total. The van der Waals surface area contributed by atoms with E-state index < -0.39 is 6.43 Å². The number of para-hydroxylation sites is 1. The minimum absolute atomic E-state index is 0.256. The highest BCUT2D eigenvalue weighted by atomic mass is 19.3. The minimum atomic E-state index is -2.37. The van der Waals surface area contributed by atoms with Crippen LogP contribution in [0.15, 0.2) is 43.0 Å². The van der Waals surface area contributed by atoms with Gasteiger partial charge in [0.25, 0.3) is 6.43 Å². The molecule has 0 amide bonds. The quantitative estimate of drug-likeness (QED) is 0.807. The summed E-state index contributed by atoms with van der Waals surface area (Å²) in [5, 5.41) is 1.17. The van der Waals surface area contributed by atoms with E-state index in [1.165, 1.54) is 17.3 Å². The summed E-state index contributed by atoms with van der Waals surface area (Å²) in [6.07, 6.45) is 3.26. The average molecular weight is 314 g/mol. The lowest BCUT2D eigenvalue weighted by Gasteiger charge is -2.35. The number of nitrogens with one attached hydrogen (secondary N) is 1. The molecule has 2 aromatic heterocycles. The fourth-order valence-corrected chi connectivity index (χ4v) is 3.49. The highest BCUT2D eigenvalue weighted by Crippen LogP contribution is 2.38. The maximum Gasteiger partial charge on any atom is 0.251 e. The number of fused-ring (bicyclic) bond motifs is 3. The molecule has 1 aliphatic heterocycles. The highest BCUT2D eigenvalue weighted by Gasteiger charge is 2.33. The first kappa shape index (κ1) is 14.3. The van der Waals surface area contributed by atoms with E-state index in [-0.39, 0.29) is 12.6 Å². The zero-order valence-corrected chi connectivity index (χ0v) is 12.4. The number of alkyl halides is 2. The van der Waals surface area contributed by atoms with Crippen LogP contribution in [0.4, 0.5) is 8.78 Å². The number of rotatable bonds is 3. The van der Waals surface area contributed by atoms with Gasteiger partial charge in [-0.25, -0.2) is 18.7 Å². The van der Waals surface area contributed by atoms with Crippen molar-refractivity contribution in [2.24, 2.45) is 0 Å². The molecular formula is C17H16F2N4. The Labute approximate surface area is 132 Å². The van der Waals surface area contributed by atoms with Gasteiger partial charge in [-0.05, 0) is 18.1 Å². The molecule has 0 fully saturated rings. The fourth-order valence-electron chi connectivity index (χ4n) is 3.49. The second-order valence-electron chi connectivity index (χ2n) is 5.77. The summed E-state index contributed by atoms with van der Waals surface area (Å²) in [4.78, 5) is 13.4. The Hall–Kier alpha value is -2.34. The van der Waals surface area contributed by atoms with E-state index in [9.17, 15) is 8.78 Å². The molecule has 0 bridgehead atoms. The summed E-state index contributed by atoms with van der Waals surface area (Å²) in [6, 6.07) is 7.81. The molecule has 0 radical (unpaired) electrons. The molecule has 0 saturated carbocycles. The Kier molecular flexibility index (Phi) is 3.53. The summed E-state index contributed by atoms with van der Waals surface area (Å²) >= 11 is 0. The molecule has 1 atom stereocenters. The van der Waals surface area contributed by atoms with Crippen molar-refractivity contribution in [1.82, 2.24) is 19.9 Å². The monoisotopic (exact) mass is 314 g/mol. The van der Waals surface area contributed by atoms with Crippen LogP contribution in [0.3, 0.4) is 0 Å². The molecule has 3 aromatic rings. The number of hydrogen-bond donors (Lipinski definition) is 1. The predicted octanol–water partition coefficient (Wildman–Crippen LogP) is 3.17. The van der Waals surface area contributed by atoms with Gasteiger partial charge < -0.3 is 4.98 Å². The minimum Gasteiger partial charge on any atom is -0.357 e. The molecular weight excluding hydrogens is 298 g/mol. The van der Waals surface area contributed by atoms with Crippen molar-refractivity contribution in [2.45, 2.75) is 18.9 Å². The van der Waals surface area contributed by atoms with E-state index >= 15 is 0 Å². The summed E-state index contributed by atoms with van der Waals surface area (Å²) in [6.45, 7) is 0.340. The third-order valence-electron chi connectivity index (χ3n) is 4.40. The number of H-pyrrole nitrogens is 1. The second-order valence-corrected chi connectivity index (χ2v) is 5.77. The van der Waals surface area contributed by atoms with Gasteiger partial charge in [0.1, 0.15) is 6.33 Å². The van der Waals surface area contributed by atoms with E-state index in [4.69, 9.17) is 0 Å². The Morgan fingerprint density at radius 2 is 2.00 bits per heavy atom. The van der Waals surface area contributed by atoms with Crippen LogP contribution < -0.4 is 0 Å². The van der Waals surface area contributed by atoms with Crippen molar-refractivity contribution in [3.05, 3.63) is 59.8 Å². The summed E-state index contributed by atoms with van der Waals surface area (Å²) in [7, 11) is 0. The Morgan fingerprint density at radius 3 is 2.78 bits per heavy atom. The third kappa shape index (κ3) is 2.49. The molecule has 1 N–H and O–H groups in total. The first-order valence-electron chi connectivity index (χ1n) is 7.60. The number of aromatic nitrogens is 3. The van der Waals surface area contributed by atoms with E-state index in [1.54, 1.807) is 17.3 Å². The third-order valence-corrected chi connectivity index (χ3v) is 4.40. The van der Waals surface area contributed by atoms with E-state index in [0.717, 1.165) is 23.2 Å². The van der Waals surface area contributed by atoms with Crippen LogP contribution in [0.25, 0.3) is 10.9 Å². The molecule has 1 aliphatic rings. The number of hydrogen-bond acceptors (Lipinski definition) is 3. The standard InChI is InChI=1S/C17H16F2N4/c18-15(19)9-23-6-5-13-12-3-1-2-4-14(12)22-16(13)17(23)11-7-20-10-21-8-11/h1-4,7-8,10,15,17,22H,5-6,9H2. The van der Waals surface area contributed by atoms with Gasteiger partial charge in [-0.2, -0.15) is 0 Å². The van der Waals surface area contributed by atoms with Gasteiger partial charge in [0, 0.05) is 41.1 Å². The van der Waals surface area contributed by atoms with Crippen molar-refractivity contribution < 1.29 is 8.78 Å². The van der Waals surface area contributed by atoms with Crippen molar-refractivity contribution in [2.75, 3.05) is 13.1 Å². The normalized spacial score (nSPS) is 18.5. The number of halogens is 2. The lowest BCUT2D eigenvalue weighted by atomic mass is 9.94. The summed E-state index contributed by atoms with van der Waals surface area (Å²) in [5.74, 6) is 0. The molecule has 4 rings (SSSR count). The van der Waals surface area contributed by atoms with Gasteiger partial charge in [0.15, 0.2) is 0 Å². The van der Waals surface area contributed by atoms with Crippen LogP contribution in [0.5, 0.6) is 0 Å². The smallest absolute Gasteiger partial charge is 0.251 e. The van der Waals surface area contributed by atoms with Gasteiger partial charge in [-0.1, -0.05) is 18.2 Å². The first-order valence-corrected chi connectivity index (χ1v) is 7.60. The molecule has 6 heteroatoms. The maximum absolute atomic E-state index is 13.0. The molecule has 23 heavy (non-hydrogen) atoms. The molecule has 118 valence electrons. The number of aromatic amines is 1. The van der Waals surface area contributed by atoms with Crippen LogP contribution in [-0.4, -0.2) is 39.4 Å².